The number of hydrogen-bond acceptors (Lipinski definition) is 9. The minimum atomic E-state index is -1.36. The molecule has 3 aliphatic rings. The van der Waals surface area contributed by atoms with E-state index in [0.717, 1.165) is 47.9 Å². The summed E-state index contributed by atoms with van der Waals surface area (Å²) in [5, 5.41) is 24.2. The molecule has 3 aromatic carbocycles. The number of fused-ring (bicyclic) bond motifs is 2. The second-order valence-electron chi connectivity index (χ2n) is 14.4. The van der Waals surface area contributed by atoms with Crippen LogP contribution < -0.4 is 9.47 Å². The molecule has 0 bridgehead atoms. The van der Waals surface area contributed by atoms with Gasteiger partial charge in [-0.15, -0.1) is 18.2 Å². The molecule has 6 atom stereocenters. The second-order valence-corrected chi connectivity index (χ2v) is 14.7. The van der Waals surface area contributed by atoms with E-state index in [1.54, 1.807) is 13.1 Å². The van der Waals surface area contributed by atoms with Gasteiger partial charge >= 0.3 is 6.09 Å². The number of aliphatic hydroxyl groups excluding tert-OH is 2. The lowest BCUT2D eigenvalue weighted by molar-refractivity contribution is -0.253. The molecule has 0 spiro atoms. The summed E-state index contributed by atoms with van der Waals surface area (Å²) in [4.78, 5) is 20.6. The monoisotopic (exact) mass is 772 g/mol. The second kappa shape index (κ2) is 19.0. The van der Waals surface area contributed by atoms with E-state index in [1.165, 1.54) is 12.0 Å². The number of oxime groups is 1. The molecule has 0 saturated heterocycles. The molecule has 1 saturated carbocycles. The number of rotatable bonds is 18. The fraction of sp³-hybridized carbons (Fsp3) is 0.455. The van der Waals surface area contributed by atoms with Gasteiger partial charge < -0.3 is 38.9 Å². The Morgan fingerprint density at radius 2 is 1.71 bits per heavy atom. The van der Waals surface area contributed by atoms with E-state index >= 15 is 0 Å². The van der Waals surface area contributed by atoms with Crippen LogP contribution in [-0.2, 0) is 14.3 Å². The highest BCUT2D eigenvalue weighted by molar-refractivity contribution is 6.18. The summed E-state index contributed by atoms with van der Waals surface area (Å²) >= 11 is 5.91. The number of amides is 1. The summed E-state index contributed by atoms with van der Waals surface area (Å²) in [6.07, 6.45) is 8.42. The zero-order chi connectivity index (χ0) is 38.8. The molecule has 55 heavy (non-hydrogen) atoms. The van der Waals surface area contributed by atoms with Crippen molar-refractivity contribution in [3.8, 4) is 28.4 Å². The van der Waals surface area contributed by atoms with Crippen LogP contribution in [0.5, 0.6) is 17.2 Å². The van der Waals surface area contributed by atoms with Crippen molar-refractivity contribution in [3.63, 3.8) is 0 Å². The van der Waals surface area contributed by atoms with Crippen LogP contribution in [0, 0.1) is 17.8 Å². The molecule has 2 N–H and O–H groups in total. The number of aliphatic hydroxyl groups is 2. The molecule has 1 heterocycles. The van der Waals surface area contributed by atoms with E-state index in [-0.39, 0.29) is 56.5 Å². The molecule has 2 aliphatic carbocycles. The molecule has 6 rings (SSSR count). The highest BCUT2D eigenvalue weighted by Crippen LogP contribution is 2.62. The smallest absolute Gasteiger partial charge is 0.410 e. The van der Waals surface area contributed by atoms with Gasteiger partial charge in [0.05, 0.1) is 24.1 Å². The Hall–Kier alpha value is -4.35. The van der Waals surface area contributed by atoms with E-state index in [4.69, 9.17) is 35.4 Å². The Labute approximate surface area is 329 Å². The number of hydrogen-bond donors (Lipinski definition) is 2. The summed E-state index contributed by atoms with van der Waals surface area (Å²) in [5.74, 6) is 0.409. The average molecular weight is 773 g/mol. The molecule has 294 valence electrons. The molecule has 3 aromatic rings. The van der Waals surface area contributed by atoms with Crippen LogP contribution in [0.25, 0.3) is 11.1 Å². The summed E-state index contributed by atoms with van der Waals surface area (Å²) < 4.78 is 26.1. The van der Waals surface area contributed by atoms with Gasteiger partial charge in [-0.2, -0.15) is 0 Å². The van der Waals surface area contributed by atoms with Crippen LogP contribution in [0.1, 0.15) is 56.4 Å². The van der Waals surface area contributed by atoms with Crippen molar-refractivity contribution in [3.05, 3.63) is 103 Å². The van der Waals surface area contributed by atoms with Crippen LogP contribution in [0.15, 0.2) is 102 Å². The standard InChI is InChI=1S/C44H53ClN2O8/c1-4-25-53-44-40(47(2)43(50)52-26-22-45)29-38(46-51-3)36-27-32(14-8-10-23-48)35(15-9-11-24-49)41(42(36)44)37-28-34(20-21-39(37)55-44)54-33-18-16-31(17-19-33)30-12-6-5-7-13-30/h4-7,12-13,16-21,27-28,32,35,40-42,48-49H,1,8-11,14-15,22-26,29H2,2-3H3/t32-,35+,40-,41+,42+,44+/m0/s1. The fourth-order valence-corrected chi connectivity index (χ4v) is 8.82. The van der Waals surface area contributed by atoms with Gasteiger partial charge in [0.2, 0.25) is 5.79 Å². The van der Waals surface area contributed by atoms with Crippen molar-refractivity contribution in [1.29, 1.82) is 0 Å². The largest absolute Gasteiger partial charge is 0.459 e. The van der Waals surface area contributed by atoms with Crippen LogP contribution in [-0.4, -0.2) is 85.2 Å². The summed E-state index contributed by atoms with van der Waals surface area (Å²) in [7, 11) is 3.21. The first-order valence-corrected chi connectivity index (χ1v) is 19.8. The number of benzene rings is 3. The average Bonchev–Trinajstić information content (AvgIpc) is 3.21. The number of likely N-dealkylation sites (N-methyl/N-ethyl adjacent to an activating group) is 1. The lowest BCUT2D eigenvalue weighted by atomic mass is 9.55. The maximum absolute atomic E-state index is 13.6. The maximum Gasteiger partial charge on any atom is 0.410 e. The van der Waals surface area contributed by atoms with Gasteiger partial charge in [-0.3, -0.25) is 0 Å². The Bertz CT molecular complexity index is 1800. The number of halogens is 1. The summed E-state index contributed by atoms with van der Waals surface area (Å²) in [6, 6.07) is 23.5. The number of unbranched alkanes of at least 4 members (excludes halogenated alkanes) is 2. The third kappa shape index (κ3) is 8.73. The molecule has 1 aliphatic heterocycles. The van der Waals surface area contributed by atoms with Crippen molar-refractivity contribution in [2.45, 2.75) is 62.7 Å². The Morgan fingerprint density at radius 3 is 2.40 bits per heavy atom. The first kappa shape index (κ1) is 40.3. The van der Waals surface area contributed by atoms with E-state index in [2.05, 4.69) is 48.1 Å². The number of ether oxygens (including phenoxy) is 4. The third-order valence-corrected chi connectivity index (χ3v) is 11.3. The zero-order valence-corrected chi connectivity index (χ0v) is 32.5. The fourth-order valence-electron chi connectivity index (χ4n) is 8.74. The molecule has 10 nitrogen and oxygen atoms in total. The predicted molar refractivity (Wildman–Crippen MR) is 214 cm³/mol. The van der Waals surface area contributed by atoms with Crippen LogP contribution in [0.2, 0.25) is 0 Å². The first-order chi connectivity index (χ1) is 26.9. The molecule has 11 heteroatoms. The van der Waals surface area contributed by atoms with E-state index in [0.29, 0.717) is 35.8 Å². The summed E-state index contributed by atoms with van der Waals surface area (Å²) in [6.45, 7) is 4.40. The maximum atomic E-state index is 13.6. The molecular formula is C44H53ClN2O8. The van der Waals surface area contributed by atoms with Crippen LogP contribution in [0.3, 0.4) is 0 Å². The third-order valence-electron chi connectivity index (χ3n) is 11.1. The van der Waals surface area contributed by atoms with Gasteiger partial charge in [-0.1, -0.05) is 72.6 Å². The van der Waals surface area contributed by atoms with Gasteiger partial charge in [0.25, 0.3) is 0 Å². The highest BCUT2D eigenvalue weighted by Gasteiger charge is 2.65. The van der Waals surface area contributed by atoms with E-state index in [9.17, 15) is 15.0 Å². The van der Waals surface area contributed by atoms with Crippen molar-refractivity contribution in [2.24, 2.45) is 22.9 Å². The first-order valence-electron chi connectivity index (χ1n) is 19.3. The number of carbonyl (C=O) groups excluding carboxylic acids is 1. The number of alkyl halides is 1. The minimum absolute atomic E-state index is 0.0537. The molecule has 1 amide bonds. The summed E-state index contributed by atoms with van der Waals surface area (Å²) in [5.41, 5.74) is 4.85. The van der Waals surface area contributed by atoms with Gasteiger partial charge in [-0.25, -0.2) is 4.79 Å². The van der Waals surface area contributed by atoms with Gasteiger partial charge in [0.1, 0.15) is 37.0 Å². The lowest BCUT2D eigenvalue weighted by Crippen LogP contribution is -2.69. The molecule has 0 radical (unpaired) electrons. The molecule has 0 unspecified atom stereocenters. The Morgan fingerprint density at radius 1 is 1.00 bits per heavy atom. The number of nitrogens with zero attached hydrogens (tertiary/aromatic N) is 2. The molecule has 0 aromatic heterocycles. The quantitative estimate of drug-likeness (QED) is 0.0571. The molecular weight excluding hydrogens is 720 g/mol. The Balaban J connectivity index is 1.49. The molecule has 1 fully saturated rings. The topological polar surface area (TPSA) is 119 Å². The van der Waals surface area contributed by atoms with Crippen molar-refractivity contribution >= 4 is 23.4 Å². The van der Waals surface area contributed by atoms with Crippen molar-refractivity contribution < 1.29 is 38.8 Å². The number of carbonyl (C=O) groups is 1. The van der Waals surface area contributed by atoms with Crippen molar-refractivity contribution in [2.75, 3.05) is 46.5 Å². The Kier molecular flexibility index (Phi) is 13.9. The van der Waals surface area contributed by atoms with Crippen LogP contribution >= 0.6 is 11.6 Å². The lowest BCUT2D eigenvalue weighted by Gasteiger charge is -2.59. The SMILES string of the molecule is C=CCO[C@@]12Oc3ccc(Oc4ccc(-c5ccccc5)cc4)cc3[C@H]3[C@H](CCCCO)[C@@H](CCCCO)C=C(C(=NOC)C[C@@H]1N(C)C(=O)OCCCl)[C@H]32. The van der Waals surface area contributed by atoms with Crippen LogP contribution in [0.4, 0.5) is 4.79 Å². The van der Waals surface area contributed by atoms with E-state index < -0.39 is 23.8 Å². The minimum Gasteiger partial charge on any atom is -0.459 e. The predicted octanol–water partition coefficient (Wildman–Crippen LogP) is 8.72. The normalized spacial score (nSPS) is 24.5. The van der Waals surface area contributed by atoms with Gasteiger partial charge in [-0.05, 0) is 84.6 Å². The van der Waals surface area contributed by atoms with Gasteiger partial charge in [0, 0.05) is 38.2 Å². The highest BCUT2D eigenvalue weighted by atomic mass is 35.5. The zero-order valence-electron chi connectivity index (χ0n) is 31.8. The van der Waals surface area contributed by atoms with Gasteiger partial charge in [0.15, 0.2) is 0 Å². The van der Waals surface area contributed by atoms with E-state index in [1.807, 2.05) is 42.5 Å². The number of allylic oxidation sites excluding steroid dienone is 1. The van der Waals surface area contributed by atoms with Crippen molar-refractivity contribution in [1.82, 2.24) is 4.90 Å².